The van der Waals surface area contributed by atoms with Gasteiger partial charge < -0.3 is 10.1 Å². The maximum Gasteiger partial charge on any atom is 0.338 e. The van der Waals surface area contributed by atoms with E-state index in [0.717, 1.165) is 30.0 Å². The fourth-order valence-electron chi connectivity index (χ4n) is 2.73. The molecule has 0 fully saturated rings. The van der Waals surface area contributed by atoms with Crippen molar-refractivity contribution in [3.05, 3.63) is 80.4 Å². The zero-order valence-corrected chi connectivity index (χ0v) is 14.0. The molecule has 0 spiro atoms. The summed E-state index contributed by atoms with van der Waals surface area (Å²) in [6, 6.07) is 14.4. The van der Waals surface area contributed by atoms with Crippen molar-refractivity contribution >= 4 is 39.5 Å². The number of nitrogens with one attached hydrogen (secondary N) is 1. The number of carbonyl (C=O) groups is 1. The monoisotopic (exact) mass is 367 g/mol. The standard InChI is InChI=1S/C18H13N3O6/c1-27-18(22)12-9-15(20(23)24)17(16(10-12)21(25)26)19-14-8-4-6-11-5-2-3-7-13(11)14/h2-10,19H,1H3. The van der Waals surface area contributed by atoms with Gasteiger partial charge in [0, 0.05) is 23.2 Å². The zero-order chi connectivity index (χ0) is 19.6. The molecule has 136 valence electrons. The van der Waals surface area contributed by atoms with E-state index in [2.05, 4.69) is 10.1 Å². The number of nitrogens with zero attached hydrogens (tertiary/aromatic N) is 2. The van der Waals surface area contributed by atoms with Crippen molar-refractivity contribution in [2.24, 2.45) is 0 Å². The highest BCUT2D eigenvalue weighted by Gasteiger charge is 2.29. The molecule has 27 heavy (non-hydrogen) atoms. The molecular formula is C18H13N3O6. The largest absolute Gasteiger partial charge is 0.465 e. The quantitative estimate of drug-likeness (QED) is 0.407. The number of fused-ring (bicyclic) bond motifs is 1. The summed E-state index contributed by atoms with van der Waals surface area (Å²) in [5, 5.41) is 27.4. The average molecular weight is 367 g/mol. The highest BCUT2D eigenvalue weighted by Crippen LogP contribution is 2.39. The van der Waals surface area contributed by atoms with Gasteiger partial charge in [-0.3, -0.25) is 20.2 Å². The lowest BCUT2D eigenvalue weighted by Crippen LogP contribution is -2.07. The predicted molar refractivity (Wildman–Crippen MR) is 98.3 cm³/mol. The summed E-state index contributed by atoms with van der Waals surface area (Å²) >= 11 is 0. The molecular weight excluding hydrogens is 354 g/mol. The van der Waals surface area contributed by atoms with Gasteiger partial charge in [-0.2, -0.15) is 0 Å². The molecule has 0 radical (unpaired) electrons. The molecule has 0 aliphatic heterocycles. The van der Waals surface area contributed by atoms with Gasteiger partial charge in [-0.05, 0) is 11.5 Å². The Morgan fingerprint density at radius 3 is 2.15 bits per heavy atom. The first-order valence-electron chi connectivity index (χ1n) is 7.72. The van der Waals surface area contributed by atoms with E-state index in [1.54, 1.807) is 24.3 Å². The second-order valence-corrected chi connectivity index (χ2v) is 5.55. The van der Waals surface area contributed by atoms with Crippen LogP contribution in [-0.2, 0) is 4.74 Å². The number of nitro groups is 2. The van der Waals surface area contributed by atoms with Crippen LogP contribution in [0.2, 0.25) is 0 Å². The van der Waals surface area contributed by atoms with Gasteiger partial charge >= 0.3 is 17.3 Å². The molecule has 0 unspecified atom stereocenters. The minimum Gasteiger partial charge on any atom is -0.465 e. The van der Waals surface area contributed by atoms with Crippen LogP contribution in [0.4, 0.5) is 22.7 Å². The van der Waals surface area contributed by atoms with Crippen LogP contribution in [0.5, 0.6) is 0 Å². The predicted octanol–water partition coefficient (Wildman–Crippen LogP) is 4.19. The fourth-order valence-corrected chi connectivity index (χ4v) is 2.73. The average Bonchev–Trinajstić information content (AvgIpc) is 2.67. The minimum absolute atomic E-state index is 0.278. The van der Waals surface area contributed by atoms with Crippen LogP contribution < -0.4 is 5.32 Å². The van der Waals surface area contributed by atoms with E-state index in [1.165, 1.54) is 0 Å². The Kier molecular flexibility index (Phi) is 4.67. The summed E-state index contributed by atoms with van der Waals surface area (Å²) in [7, 11) is 1.09. The van der Waals surface area contributed by atoms with Crippen molar-refractivity contribution in [2.45, 2.75) is 0 Å². The second kappa shape index (κ2) is 7.08. The Balaban J connectivity index is 2.23. The number of esters is 1. The van der Waals surface area contributed by atoms with Crippen LogP contribution in [0.1, 0.15) is 10.4 Å². The van der Waals surface area contributed by atoms with Gasteiger partial charge in [0.25, 0.3) is 0 Å². The topological polar surface area (TPSA) is 125 Å². The number of carbonyl (C=O) groups excluding carboxylic acids is 1. The smallest absolute Gasteiger partial charge is 0.338 e. The Labute approximate surface area is 152 Å². The third-order valence-electron chi connectivity index (χ3n) is 3.96. The molecule has 9 heteroatoms. The minimum atomic E-state index is -0.905. The van der Waals surface area contributed by atoms with Gasteiger partial charge in [-0.25, -0.2) is 4.79 Å². The van der Waals surface area contributed by atoms with Crippen molar-refractivity contribution < 1.29 is 19.4 Å². The third kappa shape index (κ3) is 3.38. The van der Waals surface area contributed by atoms with Gasteiger partial charge in [0.1, 0.15) is 0 Å². The van der Waals surface area contributed by atoms with Crippen LogP contribution in [0.3, 0.4) is 0 Å². The number of rotatable bonds is 5. The summed E-state index contributed by atoms with van der Waals surface area (Å²) in [5.74, 6) is -0.905. The first kappa shape index (κ1) is 17.8. The van der Waals surface area contributed by atoms with E-state index in [-0.39, 0.29) is 11.3 Å². The third-order valence-corrected chi connectivity index (χ3v) is 3.96. The van der Waals surface area contributed by atoms with E-state index < -0.39 is 27.2 Å². The molecule has 3 aromatic rings. The lowest BCUT2D eigenvalue weighted by atomic mass is 10.1. The molecule has 3 aromatic carbocycles. The summed E-state index contributed by atoms with van der Waals surface area (Å²) in [6.07, 6.45) is 0. The van der Waals surface area contributed by atoms with Crippen molar-refractivity contribution in [3.63, 3.8) is 0 Å². The Bertz CT molecular complexity index is 1040. The van der Waals surface area contributed by atoms with E-state index in [4.69, 9.17) is 0 Å². The molecule has 0 aliphatic rings. The van der Waals surface area contributed by atoms with Gasteiger partial charge in [-0.1, -0.05) is 36.4 Å². The maximum atomic E-state index is 11.7. The van der Waals surface area contributed by atoms with Crippen LogP contribution >= 0.6 is 0 Å². The van der Waals surface area contributed by atoms with Crippen LogP contribution in [0.25, 0.3) is 10.8 Å². The van der Waals surface area contributed by atoms with E-state index >= 15 is 0 Å². The number of methoxy groups -OCH3 is 1. The van der Waals surface area contributed by atoms with Crippen LogP contribution in [-0.4, -0.2) is 22.9 Å². The SMILES string of the molecule is COC(=O)c1cc([N+](=O)[O-])c(Nc2cccc3ccccc23)c([N+](=O)[O-])c1. The first-order chi connectivity index (χ1) is 12.9. The molecule has 0 saturated heterocycles. The highest BCUT2D eigenvalue weighted by atomic mass is 16.6. The molecule has 0 bridgehead atoms. The maximum absolute atomic E-state index is 11.7. The van der Waals surface area contributed by atoms with Crippen molar-refractivity contribution in [1.82, 2.24) is 0 Å². The molecule has 0 saturated carbocycles. The van der Waals surface area contributed by atoms with Gasteiger partial charge in [0.15, 0.2) is 5.69 Å². The van der Waals surface area contributed by atoms with Crippen molar-refractivity contribution in [2.75, 3.05) is 12.4 Å². The number of hydrogen-bond donors (Lipinski definition) is 1. The normalized spacial score (nSPS) is 10.4. The van der Waals surface area contributed by atoms with Crippen molar-refractivity contribution in [1.29, 1.82) is 0 Å². The molecule has 1 N–H and O–H groups in total. The Hall–Kier alpha value is -4.01. The summed E-state index contributed by atoms with van der Waals surface area (Å²) in [4.78, 5) is 33.2. The summed E-state index contributed by atoms with van der Waals surface area (Å²) in [6.45, 7) is 0. The number of hydrogen-bond acceptors (Lipinski definition) is 7. The summed E-state index contributed by atoms with van der Waals surface area (Å²) < 4.78 is 4.52. The van der Waals surface area contributed by atoms with Gasteiger partial charge in [0.2, 0.25) is 0 Å². The molecule has 0 heterocycles. The molecule has 3 rings (SSSR count). The van der Waals surface area contributed by atoms with Gasteiger partial charge in [-0.15, -0.1) is 0 Å². The lowest BCUT2D eigenvalue weighted by molar-refractivity contribution is -0.392. The second-order valence-electron chi connectivity index (χ2n) is 5.55. The Morgan fingerprint density at radius 1 is 0.963 bits per heavy atom. The lowest BCUT2D eigenvalue weighted by Gasteiger charge is -2.11. The molecule has 0 atom stereocenters. The van der Waals surface area contributed by atoms with E-state index in [0.29, 0.717) is 5.69 Å². The first-order valence-corrected chi connectivity index (χ1v) is 7.72. The molecule has 0 aliphatic carbocycles. The number of benzene rings is 3. The molecule has 9 nitrogen and oxygen atoms in total. The number of anilines is 2. The van der Waals surface area contributed by atoms with Crippen LogP contribution in [0.15, 0.2) is 54.6 Å². The van der Waals surface area contributed by atoms with Crippen LogP contribution in [0, 0.1) is 20.2 Å². The number of ether oxygens (including phenoxy) is 1. The Morgan fingerprint density at radius 2 is 1.56 bits per heavy atom. The highest BCUT2D eigenvalue weighted by molar-refractivity contribution is 5.99. The van der Waals surface area contributed by atoms with Crippen molar-refractivity contribution in [3.8, 4) is 0 Å². The van der Waals surface area contributed by atoms with E-state index in [1.807, 2.05) is 18.2 Å². The van der Waals surface area contributed by atoms with E-state index in [9.17, 15) is 25.0 Å². The van der Waals surface area contributed by atoms with Gasteiger partial charge in [0.05, 0.1) is 22.5 Å². The molecule has 0 amide bonds. The summed E-state index contributed by atoms with van der Waals surface area (Å²) in [5.41, 5.74) is -1.33. The number of nitro benzene ring substituents is 2. The fraction of sp³-hybridized carbons (Fsp3) is 0.0556. The zero-order valence-electron chi connectivity index (χ0n) is 14.0. The molecule has 0 aromatic heterocycles.